The molecule has 0 bridgehead atoms. The summed E-state index contributed by atoms with van der Waals surface area (Å²) in [5.74, 6) is 0.972. The summed E-state index contributed by atoms with van der Waals surface area (Å²) in [5, 5.41) is 5.88. The lowest BCUT2D eigenvalue weighted by molar-refractivity contribution is 0.148. The standard InChI is InChI=1S/C20H29N3O/c1-14-3-6-17-16(11-14)18(22-19(24)21-2)12-20(17)7-9-23(10-8-20)13-15-4-5-15/h3,6,11,15,18H,4-5,7-10,12-13H2,1-2H3,(H2,21,22,24)/t18-/m1/s1. The minimum atomic E-state index is -0.0734. The fourth-order valence-electron chi connectivity index (χ4n) is 4.73. The number of urea groups is 1. The molecule has 4 heteroatoms. The Hall–Kier alpha value is -1.55. The van der Waals surface area contributed by atoms with Crippen LogP contribution in [-0.4, -0.2) is 37.6 Å². The Labute approximate surface area is 145 Å². The van der Waals surface area contributed by atoms with Gasteiger partial charge in [0.2, 0.25) is 0 Å². The summed E-state index contributed by atoms with van der Waals surface area (Å²) >= 11 is 0. The molecule has 1 aliphatic heterocycles. The van der Waals surface area contributed by atoms with Crippen LogP contribution in [0.5, 0.6) is 0 Å². The van der Waals surface area contributed by atoms with Crippen molar-refractivity contribution in [1.82, 2.24) is 15.5 Å². The molecule has 2 fully saturated rings. The molecule has 1 heterocycles. The Bertz CT molecular complexity index is 630. The molecule has 3 aliphatic rings. The first-order valence-corrected chi connectivity index (χ1v) is 9.41. The maximum atomic E-state index is 11.9. The van der Waals surface area contributed by atoms with Crippen LogP contribution in [0.3, 0.4) is 0 Å². The molecular formula is C20H29N3O. The summed E-state index contributed by atoms with van der Waals surface area (Å²) in [6.45, 7) is 5.85. The van der Waals surface area contributed by atoms with E-state index in [4.69, 9.17) is 0 Å². The van der Waals surface area contributed by atoms with E-state index in [1.807, 2.05) is 0 Å². The number of benzene rings is 1. The molecule has 24 heavy (non-hydrogen) atoms. The molecule has 130 valence electrons. The van der Waals surface area contributed by atoms with E-state index < -0.39 is 0 Å². The van der Waals surface area contributed by atoms with Gasteiger partial charge in [0.25, 0.3) is 0 Å². The smallest absolute Gasteiger partial charge is 0.315 e. The predicted octanol–water partition coefficient (Wildman–Crippen LogP) is 3.11. The molecule has 0 unspecified atom stereocenters. The lowest BCUT2D eigenvalue weighted by atomic mass is 9.73. The normalized spacial score (nSPS) is 25.5. The van der Waals surface area contributed by atoms with Crippen LogP contribution in [0.2, 0.25) is 0 Å². The fraction of sp³-hybridized carbons (Fsp3) is 0.650. The number of carbonyl (C=O) groups is 1. The first-order chi connectivity index (χ1) is 11.6. The number of hydrogen-bond acceptors (Lipinski definition) is 2. The molecule has 2 amide bonds. The number of nitrogens with one attached hydrogen (secondary N) is 2. The van der Waals surface area contributed by atoms with Gasteiger partial charge in [-0.25, -0.2) is 4.79 Å². The Balaban J connectivity index is 1.55. The molecule has 4 rings (SSSR count). The number of likely N-dealkylation sites (tertiary alicyclic amines) is 1. The summed E-state index contributed by atoms with van der Waals surface area (Å²) in [6.07, 6.45) is 6.36. The molecule has 0 aromatic heterocycles. The van der Waals surface area contributed by atoms with Crippen LogP contribution in [0.4, 0.5) is 4.79 Å². The summed E-state index contributed by atoms with van der Waals surface area (Å²) in [6, 6.07) is 6.92. The van der Waals surface area contributed by atoms with Crippen molar-refractivity contribution < 1.29 is 4.79 Å². The van der Waals surface area contributed by atoms with Crippen molar-refractivity contribution in [2.45, 2.75) is 50.5 Å². The summed E-state index contributed by atoms with van der Waals surface area (Å²) in [5.41, 5.74) is 4.37. The third kappa shape index (κ3) is 2.92. The zero-order chi connectivity index (χ0) is 16.7. The number of hydrogen-bond donors (Lipinski definition) is 2. The quantitative estimate of drug-likeness (QED) is 0.896. The summed E-state index contributed by atoms with van der Waals surface area (Å²) in [7, 11) is 1.69. The van der Waals surface area contributed by atoms with Gasteiger partial charge in [0.05, 0.1) is 6.04 Å². The van der Waals surface area contributed by atoms with Gasteiger partial charge in [0.1, 0.15) is 0 Å². The zero-order valence-electron chi connectivity index (χ0n) is 14.9. The van der Waals surface area contributed by atoms with Crippen molar-refractivity contribution in [3.63, 3.8) is 0 Å². The Morgan fingerprint density at radius 3 is 2.71 bits per heavy atom. The van der Waals surface area contributed by atoms with Gasteiger partial charge in [-0.1, -0.05) is 23.8 Å². The van der Waals surface area contributed by atoms with Gasteiger partial charge in [-0.05, 0) is 69.2 Å². The van der Waals surface area contributed by atoms with Gasteiger partial charge in [-0.15, -0.1) is 0 Å². The Kier molecular flexibility index (Phi) is 4.03. The fourth-order valence-corrected chi connectivity index (χ4v) is 4.73. The van der Waals surface area contributed by atoms with Crippen LogP contribution in [0.25, 0.3) is 0 Å². The maximum Gasteiger partial charge on any atom is 0.315 e. The van der Waals surface area contributed by atoms with Crippen molar-refractivity contribution in [2.24, 2.45) is 5.92 Å². The van der Waals surface area contributed by atoms with Gasteiger partial charge in [-0.2, -0.15) is 0 Å². The van der Waals surface area contributed by atoms with Crippen molar-refractivity contribution in [3.8, 4) is 0 Å². The lowest BCUT2D eigenvalue weighted by Gasteiger charge is -2.40. The number of piperidine rings is 1. The van der Waals surface area contributed by atoms with Crippen LogP contribution < -0.4 is 10.6 Å². The molecule has 4 nitrogen and oxygen atoms in total. The molecule has 1 spiro atoms. The van der Waals surface area contributed by atoms with Crippen molar-refractivity contribution in [2.75, 3.05) is 26.7 Å². The van der Waals surface area contributed by atoms with E-state index in [-0.39, 0.29) is 17.5 Å². The first kappa shape index (κ1) is 15.9. The molecular weight excluding hydrogens is 298 g/mol. The number of fused-ring (bicyclic) bond motifs is 2. The van der Waals surface area contributed by atoms with Crippen molar-refractivity contribution in [3.05, 3.63) is 34.9 Å². The molecule has 1 atom stereocenters. The summed E-state index contributed by atoms with van der Waals surface area (Å²) in [4.78, 5) is 14.5. The van der Waals surface area contributed by atoms with E-state index in [1.165, 1.54) is 62.0 Å². The molecule has 2 N–H and O–H groups in total. The van der Waals surface area contributed by atoms with E-state index in [9.17, 15) is 4.79 Å². The first-order valence-electron chi connectivity index (χ1n) is 9.41. The van der Waals surface area contributed by atoms with Crippen LogP contribution >= 0.6 is 0 Å². The zero-order valence-corrected chi connectivity index (χ0v) is 14.9. The number of carbonyl (C=O) groups excluding carboxylic acids is 1. The number of rotatable bonds is 3. The Morgan fingerprint density at radius 1 is 1.29 bits per heavy atom. The average Bonchev–Trinajstić information content (AvgIpc) is 3.35. The van der Waals surface area contributed by atoms with Gasteiger partial charge in [0.15, 0.2) is 0 Å². The van der Waals surface area contributed by atoms with Gasteiger partial charge < -0.3 is 15.5 Å². The van der Waals surface area contributed by atoms with E-state index >= 15 is 0 Å². The van der Waals surface area contributed by atoms with Crippen LogP contribution in [0.15, 0.2) is 18.2 Å². The topological polar surface area (TPSA) is 44.4 Å². The highest BCUT2D eigenvalue weighted by molar-refractivity contribution is 5.74. The minimum Gasteiger partial charge on any atom is -0.341 e. The number of aryl methyl sites for hydroxylation is 1. The molecule has 1 saturated carbocycles. The third-order valence-corrected chi connectivity index (χ3v) is 6.31. The number of nitrogens with zero attached hydrogens (tertiary/aromatic N) is 1. The molecule has 1 saturated heterocycles. The number of amides is 2. The van der Waals surface area contributed by atoms with Crippen LogP contribution in [0, 0.1) is 12.8 Å². The average molecular weight is 327 g/mol. The second-order valence-corrected chi connectivity index (χ2v) is 8.10. The highest BCUT2D eigenvalue weighted by atomic mass is 16.2. The second kappa shape index (κ2) is 6.07. The SMILES string of the molecule is CNC(=O)N[C@@H]1CC2(CCN(CC3CC3)CC2)c2ccc(C)cc21. The summed E-state index contributed by atoms with van der Waals surface area (Å²) < 4.78 is 0. The molecule has 0 radical (unpaired) electrons. The monoisotopic (exact) mass is 327 g/mol. The lowest BCUT2D eigenvalue weighted by Crippen LogP contribution is -2.43. The van der Waals surface area contributed by atoms with E-state index in [0.29, 0.717) is 0 Å². The largest absolute Gasteiger partial charge is 0.341 e. The van der Waals surface area contributed by atoms with Crippen molar-refractivity contribution >= 4 is 6.03 Å². The van der Waals surface area contributed by atoms with Crippen LogP contribution in [-0.2, 0) is 5.41 Å². The second-order valence-electron chi connectivity index (χ2n) is 8.10. The predicted molar refractivity (Wildman–Crippen MR) is 96.2 cm³/mol. The van der Waals surface area contributed by atoms with E-state index in [1.54, 1.807) is 7.05 Å². The molecule has 1 aromatic rings. The van der Waals surface area contributed by atoms with Crippen LogP contribution in [0.1, 0.15) is 54.8 Å². The maximum absolute atomic E-state index is 11.9. The minimum absolute atomic E-state index is 0.0734. The highest BCUT2D eigenvalue weighted by Crippen LogP contribution is 2.51. The van der Waals surface area contributed by atoms with Gasteiger partial charge in [-0.3, -0.25) is 0 Å². The molecule has 2 aliphatic carbocycles. The van der Waals surface area contributed by atoms with Gasteiger partial charge >= 0.3 is 6.03 Å². The third-order valence-electron chi connectivity index (χ3n) is 6.31. The highest BCUT2D eigenvalue weighted by Gasteiger charge is 2.46. The molecule has 1 aromatic carbocycles. The van der Waals surface area contributed by atoms with Crippen molar-refractivity contribution in [1.29, 1.82) is 0 Å². The van der Waals surface area contributed by atoms with Gasteiger partial charge in [0, 0.05) is 19.0 Å². The van der Waals surface area contributed by atoms with E-state index in [2.05, 4.69) is 40.7 Å². The Morgan fingerprint density at radius 2 is 2.04 bits per heavy atom. The van der Waals surface area contributed by atoms with E-state index in [0.717, 1.165) is 12.3 Å².